The SMILES string of the molecule is CC[C@@]1(O)C(=O)OCc2c1cc1n(c2=O)Cc2c-1nc1cc(F)c(C)c3c1c2[C@@H](NC(=O)O[C@H](CN)c1ccc(O[C@@H]2OC(C(=O)O)[C@@H](O)[C@H](O)C2O)c([N+](=O)[O-])c1)CC3. The van der Waals surface area contributed by atoms with E-state index in [0.29, 0.717) is 34.1 Å². The number of nitrogens with one attached hydrogen (secondary N) is 1. The van der Waals surface area contributed by atoms with E-state index in [2.05, 4.69) is 5.32 Å². The number of aromatic nitrogens is 2. The lowest BCUT2D eigenvalue weighted by Crippen LogP contribution is -2.61. The first-order valence-corrected chi connectivity index (χ1v) is 18.8. The second-order valence-corrected chi connectivity index (χ2v) is 15.0. The maximum absolute atomic E-state index is 15.4. The zero-order valence-corrected chi connectivity index (χ0v) is 31.8. The molecule has 0 radical (unpaired) electrons. The third-order valence-corrected chi connectivity index (χ3v) is 11.7. The lowest BCUT2D eigenvalue weighted by Gasteiger charge is -2.38. The van der Waals surface area contributed by atoms with Crippen LogP contribution in [0, 0.1) is 22.9 Å². The number of aryl methyl sites for hydroxylation is 1. The van der Waals surface area contributed by atoms with Crippen molar-refractivity contribution in [3.05, 3.63) is 95.6 Å². The van der Waals surface area contributed by atoms with Crippen LogP contribution in [0.5, 0.6) is 5.75 Å². The van der Waals surface area contributed by atoms with Gasteiger partial charge in [0.15, 0.2) is 17.5 Å². The van der Waals surface area contributed by atoms with E-state index in [1.54, 1.807) is 13.8 Å². The Morgan fingerprint density at radius 3 is 2.58 bits per heavy atom. The van der Waals surface area contributed by atoms with E-state index >= 15 is 4.39 Å². The van der Waals surface area contributed by atoms with Crippen LogP contribution >= 0.6 is 0 Å². The summed E-state index contributed by atoms with van der Waals surface area (Å²) in [4.78, 5) is 68.0. The number of rotatable bonds is 9. The largest absolute Gasteiger partial charge is 0.479 e. The lowest BCUT2D eigenvalue weighted by molar-refractivity contribution is -0.387. The van der Waals surface area contributed by atoms with E-state index in [1.807, 2.05) is 0 Å². The normalized spacial score (nSPS) is 25.7. The Labute approximate surface area is 337 Å². The van der Waals surface area contributed by atoms with E-state index in [1.165, 1.54) is 22.8 Å². The predicted molar refractivity (Wildman–Crippen MR) is 200 cm³/mol. The Kier molecular flexibility index (Phi) is 10.1. The number of carboxylic acids is 1. The fourth-order valence-electron chi connectivity index (χ4n) is 8.51. The van der Waals surface area contributed by atoms with Gasteiger partial charge in [-0.15, -0.1) is 0 Å². The Morgan fingerprint density at radius 2 is 1.90 bits per heavy atom. The van der Waals surface area contributed by atoms with Crippen LogP contribution in [-0.2, 0) is 49.0 Å². The van der Waals surface area contributed by atoms with Gasteiger partial charge in [-0.1, -0.05) is 13.0 Å². The molecule has 8 atom stereocenters. The standard InChI is InChI=1S/C39H38FN5O15/c1-3-39(54)19-9-24-29-17(12-44(24)34(49)18(19)13-57-37(39)52)28-21(6-5-16-14(2)20(40)10-22(42-29)27(16)28)43-38(53)59-26(11-41)15-4-7-25(23(8-15)45(55)56)58-36-32(48)30(46)31(47)33(60-36)35(50)51/h4,7-10,21,26,30-33,36,46-48,54H,3,5-6,11-13,41H2,1-2H3,(H,43,53)(H,50,51)/t21-,26+,30-,31-,32?,33?,36+,39-/m0/s1. The number of carbonyl (C=O) groups is 3. The average Bonchev–Trinajstić information content (AvgIpc) is 3.59. The number of alkyl carbamates (subject to hydrolysis) is 1. The highest BCUT2D eigenvalue weighted by atomic mass is 19.1. The molecule has 4 aliphatic rings. The maximum Gasteiger partial charge on any atom is 0.408 e. The van der Waals surface area contributed by atoms with Gasteiger partial charge in [-0.25, -0.2) is 23.8 Å². The molecule has 3 aliphatic heterocycles. The van der Waals surface area contributed by atoms with Crippen LogP contribution in [0.25, 0.3) is 22.3 Å². The first-order chi connectivity index (χ1) is 28.5. The molecule has 20 nitrogen and oxygen atoms in total. The fraction of sp³-hybridized carbons (Fsp3) is 0.410. The minimum absolute atomic E-state index is 0.0143. The third kappa shape index (κ3) is 6.32. The van der Waals surface area contributed by atoms with Crippen molar-refractivity contribution in [2.24, 2.45) is 5.73 Å². The molecule has 0 bridgehead atoms. The summed E-state index contributed by atoms with van der Waals surface area (Å²) < 4.78 is 38.2. The van der Waals surface area contributed by atoms with Crippen LogP contribution in [0.1, 0.15) is 70.9 Å². The molecule has 316 valence electrons. The van der Waals surface area contributed by atoms with Crippen molar-refractivity contribution in [1.82, 2.24) is 14.9 Å². The molecule has 2 aromatic carbocycles. The number of amides is 1. The molecule has 0 spiro atoms. The number of nitro benzene ring substituents is 1. The van der Waals surface area contributed by atoms with Gasteiger partial charge < -0.3 is 60.1 Å². The number of cyclic esters (lactones) is 1. The van der Waals surface area contributed by atoms with Crippen molar-refractivity contribution in [3.63, 3.8) is 0 Å². The molecule has 1 amide bonds. The molecule has 60 heavy (non-hydrogen) atoms. The molecule has 1 saturated heterocycles. The van der Waals surface area contributed by atoms with Gasteiger partial charge in [0.2, 0.25) is 6.29 Å². The van der Waals surface area contributed by atoms with E-state index in [-0.39, 0.29) is 66.1 Å². The molecule has 0 saturated carbocycles. The van der Waals surface area contributed by atoms with Gasteiger partial charge in [-0.05, 0) is 55.0 Å². The van der Waals surface area contributed by atoms with Crippen molar-refractivity contribution < 1.29 is 68.2 Å². The van der Waals surface area contributed by atoms with Crippen LogP contribution < -0.4 is 21.3 Å². The Morgan fingerprint density at radius 1 is 1.15 bits per heavy atom. The molecule has 1 fully saturated rings. The van der Waals surface area contributed by atoms with Crippen LogP contribution in [0.4, 0.5) is 14.9 Å². The van der Waals surface area contributed by atoms with E-state index in [4.69, 9.17) is 29.7 Å². The summed E-state index contributed by atoms with van der Waals surface area (Å²) in [5.74, 6) is -3.62. The highest BCUT2D eigenvalue weighted by molar-refractivity contribution is 5.93. The number of fused-ring (bicyclic) bond motifs is 5. The summed E-state index contributed by atoms with van der Waals surface area (Å²) in [6, 6.07) is 5.31. The number of benzene rings is 2. The maximum atomic E-state index is 15.4. The topological polar surface area (TPSA) is 305 Å². The molecule has 1 aliphatic carbocycles. The summed E-state index contributed by atoms with van der Waals surface area (Å²) in [6.45, 7) is 2.48. The van der Waals surface area contributed by atoms with Crippen molar-refractivity contribution in [2.75, 3.05) is 6.54 Å². The van der Waals surface area contributed by atoms with E-state index in [9.17, 15) is 54.8 Å². The number of aliphatic carboxylic acids is 1. The summed E-state index contributed by atoms with van der Waals surface area (Å²) in [7, 11) is 0. The van der Waals surface area contributed by atoms with E-state index < -0.39 is 94.2 Å². The number of carboxylic acid groups (broad SMARTS) is 1. The Bertz CT molecular complexity index is 2580. The number of carbonyl (C=O) groups excluding carboxylic acids is 2. The molecule has 5 heterocycles. The zero-order valence-electron chi connectivity index (χ0n) is 31.8. The Balaban J connectivity index is 1.10. The number of nitrogens with two attached hydrogens (primary N) is 1. The fourth-order valence-corrected chi connectivity index (χ4v) is 8.51. The van der Waals surface area contributed by atoms with Crippen LogP contribution in [0.2, 0.25) is 0 Å². The number of hydrogen-bond acceptors (Lipinski definition) is 16. The number of esters is 1. The van der Waals surface area contributed by atoms with Gasteiger partial charge >= 0.3 is 23.7 Å². The monoisotopic (exact) mass is 835 g/mol. The van der Waals surface area contributed by atoms with Crippen molar-refractivity contribution in [1.29, 1.82) is 0 Å². The first-order valence-electron chi connectivity index (χ1n) is 18.8. The third-order valence-electron chi connectivity index (χ3n) is 11.7. The number of aliphatic hydroxyl groups excluding tert-OH is 3. The molecular weight excluding hydrogens is 797 g/mol. The molecule has 8 N–H and O–H groups in total. The van der Waals surface area contributed by atoms with Gasteiger partial charge in [0, 0.05) is 40.8 Å². The van der Waals surface area contributed by atoms with E-state index in [0.717, 1.165) is 12.1 Å². The van der Waals surface area contributed by atoms with Gasteiger partial charge in [0.1, 0.15) is 36.8 Å². The van der Waals surface area contributed by atoms with Crippen LogP contribution in [0.15, 0.2) is 35.1 Å². The van der Waals surface area contributed by atoms with Crippen molar-refractivity contribution in [2.45, 2.75) is 94.7 Å². The minimum Gasteiger partial charge on any atom is -0.479 e. The number of nitrogens with zero attached hydrogens (tertiary/aromatic N) is 3. The molecule has 8 rings (SSSR count). The second-order valence-electron chi connectivity index (χ2n) is 15.0. The number of nitro groups is 1. The Hall–Kier alpha value is -6.10. The predicted octanol–water partition coefficient (Wildman–Crippen LogP) is 1.12. The summed E-state index contributed by atoms with van der Waals surface area (Å²) in [5.41, 5.74) is 5.83. The van der Waals surface area contributed by atoms with Gasteiger partial charge in [0.25, 0.3) is 5.56 Å². The van der Waals surface area contributed by atoms with Crippen LogP contribution in [-0.4, -0.2) is 95.3 Å². The average molecular weight is 836 g/mol. The van der Waals surface area contributed by atoms with Crippen molar-refractivity contribution in [3.8, 4) is 17.1 Å². The smallest absolute Gasteiger partial charge is 0.408 e. The number of halogens is 1. The number of aliphatic hydroxyl groups is 4. The quantitative estimate of drug-likeness (QED) is 0.0622. The summed E-state index contributed by atoms with van der Waals surface area (Å²) in [5, 5.41) is 66.7. The van der Waals surface area contributed by atoms with Gasteiger partial charge in [-0.2, -0.15) is 0 Å². The molecule has 21 heteroatoms. The zero-order chi connectivity index (χ0) is 43.1. The van der Waals surface area contributed by atoms with Crippen LogP contribution in [0.3, 0.4) is 0 Å². The van der Waals surface area contributed by atoms with Gasteiger partial charge in [0.05, 0.1) is 40.0 Å². The summed E-state index contributed by atoms with van der Waals surface area (Å²) >= 11 is 0. The van der Waals surface area contributed by atoms with Gasteiger partial charge in [-0.3, -0.25) is 14.9 Å². The highest BCUT2D eigenvalue weighted by Crippen LogP contribution is 2.46. The molecule has 2 aromatic heterocycles. The molecular formula is C39H38FN5O15. The highest BCUT2D eigenvalue weighted by Gasteiger charge is 2.49. The minimum atomic E-state index is -2.08. The number of ether oxygens (including phenoxy) is 4. The first kappa shape index (κ1) is 40.7. The molecule has 4 aromatic rings. The molecule has 2 unspecified atom stereocenters. The number of pyridine rings is 2. The second kappa shape index (κ2) is 14.9. The lowest BCUT2D eigenvalue weighted by atomic mass is 9.81. The van der Waals surface area contributed by atoms with Crippen molar-refractivity contribution >= 4 is 34.6 Å². The summed E-state index contributed by atoms with van der Waals surface area (Å²) in [6.07, 6.45) is -11.8. The number of hydrogen-bond donors (Lipinski definition) is 7.